The number of carbonyl (C=O) groups is 2. The summed E-state index contributed by atoms with van der Waals surface area (Å²) < 4.78 is 21.0. The lowest BCUT2D eigenvalue weighted by atomic mass is 9.82. The molecule has 0 radical (unpaired) electrons. The van der Waals surface area contributed by atoms with Crippen molar-refractivity contribution in [3.8, 4) is 0 Å². The van der Waals surface area contributed by atoms with Crippen LogP contribution in [0.5, 0.6) is 0 Å². The van der Waals surface area contributed by atoms with Crippen LogP contribution in [0.4, 0.5) is 4.39 Å². The molecule has 3 atom stereocenters. The van der Waals surface area contributed by atoms with Gasteiger partial charge in [0.15, 0.2) is 0 Å². The van der Waals surface area contributed by atoms with Gasteiger partial charge in [-0.15, -0.1) is 6.04 Å². The number of carboxylic acid groups (broad SMARTS) is 2. The molecule has 1 aromatic rings. The van der Waals surface area contributed by atoms with Crippen molar-refractivity contribution >= 4 is 17.5 Å². The molecule has 0 amide bonds. The first-order valence-electron chi connectivity index (χ1n) is 16.3. The van der Waals surface area contributed by atoms with Gasteiger partial charge in [0.1, 0.15) is 17.5 Å². The molecular formula is C36H48FN2O5-. The molecule has 3 aliphatic carbocycles. The van der Waals surface area contributed by atoms with E-state index in [2.05, 4.69) is 24.0 Å². The van der Waals surface area contributed by atoms with E-state index in [1.165, 1.54) is 31.4 Å². The number of carboxylic acids is 2. The number of allylic oxidation sites excluding steroid dienone is 6. The number of hydrogen-bond acceptors (Lipinski definition) is 4. The summed E-state index contributed by atoms with van der Waals surface area (Å²) >= 11 is 0. The fourth-order valence-electron chi connectivity index (χ4n) is 6.76. The zero-order valence-corrected chi connectivity index (χ0v) is 26.4. The largest absolute Gasteiger partial charge is 0.661 e. The summed E-state index contributed by atoms with van der Waals surface area (Å²) in [6.07, 6.45) is 19.6. The zero-order valence-electron chi connectivity index (χ0n) is 26.4. The number of unbranched alkanes of at least 4 members (excludes halogenated alkanes) is 2. The maximum atomic E-state index is 14.4. The predicted molar refractivity (Wildman–Crippen MR) is 172 cm³/mol. The summed E-state index contributed by atoms with van der Waals surface area (Å²) in [4.78, 5) is 26.9. The number of likely N-dealkylation sites (N-methyl/N-ethyl adjacent to an activating group) is 1. The summed E-state index contributed by atoms with van der Waals surface area (Å²) in [5.41, 5.74) is 2.29. The van der Waals surface area contributed by atoms with Crippen molar-refractivity contribution < 1.29 is 28.9 Å². The van der Waals surface area contributed by atoms with Gasteiger partial charge in [0.2, 0.25) is 0 Å². The summed E-state index contributed by atoms with van der Waals surface area (Å²) in [6, 6.07) is 4.00. The van der Waals surface area contributed by atoms with Crippen molar-refractivity contribution in [2.24, 2.45) is 11.8 Å². The third kappa shape index (κ3) is 8.40. The number of aliphatic carboxylic acids is 1. The Bertz CT molecular complexity index is 1290. The minimum absolute atomic E-state index is 0.0652. The van der Waals surface area contributed by atoms with Crippen LogP contribution in [0.3, 0.4) is 0 Å². The predicted octanol–water partition coefficient (Wildman–Crippen LogP) is 8.70. The zero-order chi connectivity index (χ0) is 31.6. The third-order valence-corrected chi connectivity index (χ3v) is 9.27. The van der Waals surface area contributed by atoms with Crippen LogP contribution in [-0.2, 0) is 9.53 Å². The Hall–Kier alpha value is -3.39. The van der Waals surface area contributed by atoms with Gasteiger partial charge in [0, 0.05) is 29.6 Å². The molecule has 0 aliphatic heterocycles. The number of aromatic carboxylic acids is 1. The van der Waals surface area contributed by atoms with Crippen LogP contribution in [0.25, 0.3) is 10.9 Å². The van der Waals surface area contributed by atoms with Gasteiger partial charge in [-0.3, -0.25) is 4.79 Å². The Balaban J connectivity index is 1.83. The Labute approximate surface area is 261 Å². The molecule has 3 aliphatic rings. The smallest absolute Gasteiger partial charge is 0.338 e. The number of nitrogens with zero attached hydrogens (tertiary/aromatic N) is 2. The van der Waals surface area contributed by atoms with E-state index in [1.807, 2.05) is 26.1 Å². The Morgan fingerprint density at radius 1 is 1.16 bits per heavy atom. The number of halogens is 1. The van der Waals surface area contributed by atoms with Crippen molar-refractivity contribution in [2.45, 2.75) is 103 Å². The molecule has 240 valence electrons. The van der Waals surface area contributed by atoms with Crippen molar-refractivity contribution in [1.29, 1.82) is 0 Å². The van der Waals surface area contributed by atoms with E-state index in [0.717, 1.165) is 63.1 Å². The minimum atomic E-state index is -1.37. The van der Waals surface area contributed by atoms with Gasteiger partial charge in [0.05, 0.1) is 11.7 Å². The van der Waals surface area contributed by atoms with Gasteiger partial charge < -0.3 is 25.2 Å². The van der Waals surface area contributed by atoms with Gasteiger partial charge in [-0.05, 0) is 62.8 Å². The monoisotopic (exact) mass is 607 g/mol. The van der Waals surface area contributed by atoms with E-state index in [0.29, 0.717) is 35.1 Å². The Kier molecular flexibility index (Phi) is 12.2. The molecule has 7 nitrogen and oxygen atoms in total. The SMILES string of the molecule is CCCCCC(C)OC1=C(c2ccc(F)c(C(=O)O)c2)CC(C(=O)O)C(N(C[C@H]([N-]C)C2CCCCC2)C2=CC=CCC2)=C1. The molecular weight excluding hydrogens is 559 g/mol. The first-order chi connectivity index (χ1) is 21.2. The van der Waals surface area contributed by atoms with Gasteiger partial charge in [-0.25, -0.2) is 9.18 Å². The standard InChI is InChI=1S/C36H48FN2O5/c1-4-5-8-13-24(2)44-34-22-33(30(36(42)43)21-28(34)26-18-19-31(37)29(20-26)35(40)41)39(27-16-11-7-12-17-27)23-32(38-3)25-14-9-6-10-15-25/h7,11,16,18-20,22,24-25,30,32H,4-6,8-10,12-15,17,21,23H2,1-3H3,(H,40,41)(H,42,43)/q-1/t24?,30?,32-/m0/s1. The fourth-order valence-corrected chi connectivity index (χ4v) is 6.76. The van der Waals surface area contributed by atoms with E-state index in [9.17, 15) is 24.2 Å². The highest BCUT2D eigenvalue weighted by molar-refractivity contribution is 5.90. The van der Waals surface area contributed by atoms with Crippen LogP contribution >= 0.6 is 0 Å². The highest BCUT2D eigenvalue weighted by Gasteiger charge is 2.36. The molecule has 1 aromatic carbocycles. The van der Waals surface area contributed by atoms with Crippen molar-refractivity contribution in [3.63, 3.8) is 0 Å². The minimum Gasteiger partial charge on any atom is -0.661 e. The molecule has 1 saturated carbocycles. The van der Waals surface area contributed by atoms with Gasteiger partial charge in [0.25, 0.3) is 0 Å². The lowest BCUT2D eigenvalue weighted by Crippen LogP contribution is -2.40. The maximum Gasteiger partial charge on any atom is 0.338 e. The van der Waals surface area contributed by atoms with Crippen LogP contribution in [0, 0.1) is 17.7 Å². The molecule has 2 unspecified atom stereocenters. The number of hydrogen-bond donors (Lipinski definition) is 2. The second kappa shape index (κ2) is 16.1. The second-order valence-electron chi connectivity index (χ2n) is 12.4. The van der Waals surface area contributed by atoms with Crippen LogP contribution in [0.1, 0.15) is 107 Å². The molecule has 8 heteroatoms. The second-order valence-corrected chi connectivity index (χ2v) is 12.4. The summed E-state index contributed by atoms with van der Waals surface area (Å²) in [5.74, 6) is -3.10. The number of rotatable bonds is 15. The average Bonchev–Trinajstić information content (AvgIpc) is 3.02. The first-order valence-corrected chi connectivity index (χ1v) is 16.3. The number of ether oxygens (including phenoxy) is 1. The van der Waals surface area contributed by atoms with E-state index in [1.54, 1.807) is 0 Å². The van der Waals surface area contributed by atoms with Crippen molar-refractivity contribution in [2.75, 3.05) is 13.6 Å². The molecule has 0 heterocycles. The lowest BCUT2D eigenvalue weighted by molar-refractivity contribution is -0.140. The lowest BCUT2D eigenvalue weighted by Gasteiger charge is -2.45. The van der Waals surface area contributed by atoms with Crippen LogP contribution in [-0.4, -0.2) is 52.8 Å². The van der Waals surface area contributed by atoms with Crippen molar-refractivity contribution in [1.82, 2.24) is 4.90 Å². The molecule has 0 spiro atoms. The molecule has 2 N–H and O–H groups in total. The first kappa shape index (κ1) is 33.5. The summed E-state index contributed by atoms with van der Waals surface area (Å²) in [5, 5.41) is 25.1. The third-order valence-electron chi connectivity index (χ3n) is 9.27. The van der Waals surface area contributed by atoms with Gasteiger partial charge in [-0.2, -0.15) is 7.05 Å². The Morgan fingerprint density at radius 3 is 2.57 bits per heavy atom. The van der Waals surface area contributed by atoms with Gasteiger partial charge in [-0.1, -0.05) is 76.0 Å². The molecule has 0 aromatic heterocycles. The normalized spacial score (nSPS) is 20.5. The van der Waals surface area contributed by atoms with E-state index in [-0.39, 0.29) is 18.6 Å². The van der Waals surface area contributed by atoms with E-state index >= 15 is 0 Å². The highest BCUT2D eigenvalue weighted by Crippen LogP contribution is 2.41. The highest BCUT2D eigenvalue weighted by atomic mass is 19.1. The summed E-state index contributed by atoms with van der Waals surface area (Å²) in [7, 11) is 1.87. The van der Waals surface area contributed by atoms with Crippen LogP contribution < -0.4 is 0 Å². The summed E-state index contributed by atoms with van der Waals surface area (Å²) in [6.45, 7) is 4.74. The van der Waals surface area contributed by atoms with Gasteiger partial charge >= 0.3 is 11.9 Å². The number of benzene rings is 1. The average molecular weight is 608 g/mol. The fraction of sp³-hybridized carbons (Fsp3) is 0.556. The topological polar surface area (TPSA) is 101 Å². The molecule has 0 bridgehead atoms. The van der Waals surface area contributed by atoms with Crippen LogP contribution in [0.15, 0.2) is 59.7 Å². The maximum absolute atomic E-state index is 14.4. The quantitative estimate of drug-likeness (QED) is 0.193. The molecule has 4 rings (SSSR count). The van der Waals surface area contributed by atoms with Crippen LogP contribution in [0.2, 0.25) is 0 Å². The molecule has 44 heavy (non-hydrogen) atoms. The Morgan fingerprint density at radius 2 is 1.93 bits per heavy atom. The molecule has 0 saturated heterocycles. The van der Waals surface area contributed by atoms with E-state index in [4.69, 9.17) is 10.1 Å². The van der Waals surface area contributed by atoms with E-state index < -0.39 is 29.2 Å². The molecule has 1 fully saturated rings. The van der Waals surface area contributed by atoms with Crippen molar-refractivity contribution in [3.05, 3.63) is 81.9 Å².